The molecule has 5 heteroatoms. The van der Waals surface area contributed by atoms with Crippen LogP contribution in [0.4, 0.5) is 0 Å². The van der Waals surface area contributed by atoms with Crippen LogP contribution in [-0.4, -0.2) is 28.6 Å². The summed E-state index contributed by atoms with van der Waals surface area (Å²) in [7, 11) is -3.32. The highest BCUT2D eigenvalue weighted by molar-refractivity contribution is 7.58. The van der Waals surface area contributed by atoms with E-state index >= 15 is 0 Å². The third-order valence-corrected chi connectivity index (χ3v) is 4.34. The Morgan fingerprint density at radius 2 is 2.17 bits per heavy atom. The fourth-order valence-corrected chi connectivity index (χ4v) is 3.03. The minimum atomic E-state index is -3.32. The predicted molar refractivity (Wildman–Crippen MR) is 47.1 cm³/mol. The van der Waals surface area contributed by atoms with Crippen molar-refractivity contribution in [1.82, 2.24) is 0 Å². The van der Waals surface area contributed by atoms with Gasteiger partial charge in [-0.3, -0.25) is 4.57 Å². The van der Waals surface area contributed by atoms with E-state index in [-0.39, 0.29) is 12.1 Å². The van der Waals surface area contributed by atoms with Crippen LogP contribution in [0.5, 0.6) is 0 Å². The average Bonchev–Trinajstić information content (AvgIpc) is 2.82. The first-order valence-corrected chi connectivity index (χ1v) is 6.19. The van der Waals surface area contributed by atoms with Crippen LogP contribution in [0.15, 0.2) is 0 Å². The van der Waals surface area contributed by atoms with E-state index < -0.39 is 13.2 Å². The molecular formula is C7H16NO3P. The molecule has 4 nitrogen and oxygen atoms in total. The molecular weight excluding hydrogens is 177 g/mol. The summed E-state index contributed by atoms with van der Waals surface area (Å²) in [6, 6.07) is 0. The first-order chi connectivity index (χ1) is 5.58. The first-order valence-electron chi connectivity index (χ1n) is 4.27. The normalized spacial score (nSPS) is 24.9. The van der Waals surface area contributed by atoms with Crippen molar-refractivity contribution in [3.05, 3.63) is 0 Å². The van der Waals surface area contributed by atoms with E-state index in [1.165, 1.54) is 0 Å². The van der Waals surface area contributed by atoms with Gasteiger partial charge in [-0.2, -0.15) is 0 Å². The minimum Gasteiger partial charge on any atom is -0.383 e. The molecule has 2 atom stereocenters. The van der Waals surface area contributed by atoms with Crippen LogP contribution in [0.3, 0.4) is 0 Å². The maximum Gasteiger partial charge on any atom is 0.228 e. The number of rotatable bonds is 5. The Morgan fingerprint density at radius 3 is 2.58 bits per heavy atom. The Kier molecular flexibility index (Phi) is 3.29. The van der Waals surface area contributed by atoms with Gasteiger partial charge in [-0.05, 0) is 31.7 Å². The molecule has 72 valence electrons. The lowest BCUT2D eigenvalue weighted by atomic mass is 10.5. The highest BCUT2D eigenvalue weighted by atomic mass is 31.2. The van der Waals surface area contributed by atoms with Gasteiger partial charge in [0.15, 0.2) is 0 Å². The number of aliphatic hydroxyl groups excluding tert-OH is 1. The van der Waals surface area contributed by atoms with Gasteiger partial charge in [-0.1, -0.05) is 0 Å². The summed E-state index contributed by atoms with van der Waals surface area (Å²) in [5.74, 6) is -0.928. The molecule has 0 aromatic heterocycles. The van der Waals surface area contributed by atoms with Crippen LogP contribution in [0, 0.1) is 5.92 Å². The predicted octanol–water partition coefficient (Wildman–Crippen LogP) is 0.334. The van der Waals surface area contributed by atoms with Crippen molar-refractivity contribution in [1.29, 1.82) is 0 Å². The highest BCUT2D eigenvalue weighted by Crippen LogP contribution is 2.54. The maximum atomic E-state index is 11.4. The third kappa shape index (κ3) is 2.56. The standard InChI is InChI=1S/C7H16NO3P/c8-4-1-5-12(10,11)7(9)6-2-3-6/h6-7,9H,1-5,8H2,(H,10,11). The second kappa shape index (κ2) is 3.88. The highest BCUT2D eigenvalue weighted by Gasteiger charge is 2.40. The van der Waals surface area contributed by atoms with E-state index in [4.69, 9.17) is 5.73 Å². The maximum absolute atomic E-state index is 11.4. The molecule has 4 N–H and O–H groups in total. The van der Waals surface area contributed by atoms with Crippen molar-refractivity contribution in [2.45, 2.75) is 25.1 Å². The number of nitrogens with two attached hydrogens (primary N) is 1. The van der Waals surface area contributed by atoms with Crippen LogP contribution in [0.1, 0.15) is 19.3 Å². The van der Waals surface area contributed by atoms with Crippen LogP contribution in [-0.2, 0) is 4.57 Å². The van der Waals surface area contributed by atoms with E-state index in [0.29, 0.717) is 13.0 Å². The van der Waals surface area contributed by atoms with E-state index in [9.17, 15) is 14.6 Å². The van der Waals surface area contributed by atoms with Crippen LogP contribution >= 0.6 is 7.37 Å². The van der Waals surface area contributed by atoms with Crippen LogP contribution in [0.2, 0.25) is 0 Å². The largest absolute Gasteiger partial charge is 0.383 e. The molecule has 0 heterocycles. The zero-order chi connectivity index (χ0) is 9.19. The molecule has 0 spiro atoms. The molecule has 1 aliphatic rings. The molecule has 0 aromatic rings. The molecule has 1 fully saturated rings. The van der Waals surface area contributed by atoms with Gasteiger partial charge in [-0.25, -0.2) is 0 Å². The Labute approximate surface area is 72.2 Å². The van der Waals surface area contributed by atoms with Crippen molar-refractivity contribution >= 4 is 7.37 Å². The lowest BCUT2D eigenvalue weighted by Gasteiger charge is -2.16. The minimum absolute atomic E-state index is 0.0682. The van der Waals surface area contributed by atoms with Crippen LogP contribution < -0.4 is 5.73 Å². The molecule has 0 aliphatic heterocycles. The molecule has 1 saturated carbocycles. The molecule has 2 unspecified atom stereocenters. The quantitative estimate of drug-likeness (QED) is 0.549. The van der Waals surface area contributed by atoms with E-state index in [2.05, 4.69) is 0 Å². The van der Waals surface area contributed by atoms with E-state index in [1.54, 1.807) is 0 Å². The second-order valence-corrected chi connectivity index (χ2v) is 5.86. The Bertz CT molecular complexity index is 193. The molecule has 0 saturated heterocycles. The summed E-state index contributed by atoms with van der Waals surface area (Å²) in [5, 5.41) is 9.39. The molecule has 1 aliphatic carbocycles. The summed E-state index contributed by atoms with van der Waals surface area (Å²) < 4.78 is 11.4. The van der Waals surface area contributed by atoms with E-state index in [1.807, 2.05) is 0 Å². The van der Waals surface area contributed by atoms with Gasteiger partial charge in [-0.15, -0.1) is 0 Å². The molecule has 12 heavy (non-hydrogen) atoms. The van der Waals surface area contributed by atoms with Crippen molar-refractivity contribution in [2.24, 2.45) is 11.7 Å². The van der Waals surface area contributed by atoms with Gasteiger partial charge in [0.25, 0.3) is 0 Å². The SMILES string of the molecule is NCCCP(=O)(O)C(O)C1CC1. The summed E-state index contributed by atoms with van der Waals surface area (Å²) in [5.41, 5.74) is 5.21. The van der Waals surface area contributed by atoms with Crippen molar-refractivity contribution < 1.29 is 14.6 Å². The monoisotopic (exact) mass is 193 g/mol. The fraction of sp³-hybridized carbons (Fsp3) is 1.00. The zero-order valence-corrected chi connectivity index (χ0v) is 7.91. The van der Waals surface area contributed by atoms with Crippen molar-refractivity contribution in [3.63, 3.8) is 0 Å². The van der Waals surface area contributed by atoms with Crippen molar-refractivity contribution in [2.75, 3.05) is 12.7 Å². The molecule has 0 amide bonds. The van der Waals surface area contributed by atoms with Gasteiger partial charge >= 0.3 is 0 Å². The van der Waals surface area contributed by atoms with Crippen LogP contribution in [0.25, 0.3) is 0 Å². The molecule has 0 aromatic carbocycles. The van der Waals surface area contributed by atoms with Gasteiger partial charge in [0.05, 0.1) is 0 Å². The Morgan fingerprint density at radius 1 is 1.58 bits per heavy atom. The van der Waals surface area contributed by atoms with E-state index in [0.717, 1.165) is 12.8 Å². The van der Waals surface area contributed by atoms with Crippen molar-refractivity contribution in [3.8, 4) is 0 Å². The number of aliphatic hydroxyl groups is 1. The van der Waals surface area contributed by atoms with Gasteiger partial charge < -0.3 is 15.7 Å². The fourth-order valence-electron chi connectivity index (χ4n) is 1.17. The molecule has 1 rings (SSSR count). The topological polar surface area (TPSA) is 83.6 Å². The summed E-state index contributed by atoms with van der Waals surface area (Å²) >= 11 is 0. The molecule has 0 radical (unpaired) electrons. The Hall–Kier alpha value is 0.110. The average molecular weight is 193 g/mol. The number of hydrogen-bond acceptors (Lipinski definition) is 3. The zero-order valence-electron chi connectivity index (χ0n) is 7.02. The lowest BCUT2D eigenvalue weighted by Crippen LogP contribution is -2.14. The first kappa shape index (κ1) is 10.2. The van der Waals surface area contributed by atoms with Gasteiger partial charge in [0, 0.05) is 6.16 Å². The lowest BCUT2D eigenvalue weighted by molar-refractivity contribution is 0.208. The second-order valence-electron chi connectivity index (χ2n) is 3.37. The Balaban J connectivity index is 2.39. The molecule has 0 bridgehead atoms. The van der Waals surface area contributed by atoms with Gasteiger partial charge in [0.1, 0.15) is 5.85 Å². The smallest absolute Gasteiger partial charge is 0.228 e. The summed E-state index contributed by atoms with van der Waals surface area (Å²) in [6.07, 6.45) is 2.43. The third-order valence-electron chi connectivity index (χ3n) is 2.14. The summed E-state index contributed by atoms with van der Waals surface area (Å²) in [6.45, 7) is 0.405. The summed E-state index contributed by atoms with van der Waals surface area (Å²) in [4.78, 5) is 9.37. The van der Waals surface area contributed by atoms with Gasteiger partial charge in [0.2, 0.25) is 7.37 Å². The number of hydrogen-bond donors (Lipinski definition) is 3.